The molecule has 0 unspecified atom stereocenters. The number of carbonyl (C=O) groups is 1. The van der Waals surface area contributed by atoms with Crippen LogP contribution >= 0.6 is 0 Å². The predicted octanol–water partition coefficient (Wildman–Crippen LogP) is 2.86. The zero-order valence-electron chi connectivity index (χ0n) is 15.4. The van der Waals surface area contributed by atoms with Crippen LogP contribution in [-0.2, 0) is 21.2 Å². The Morgan fingerprint density at radius 3 is 2.31 bits per heavy atom. The maximum absolute atomic E-state index is 13.0. The van der Waals surface area contributed by atoms with Gasteiger partial charge in [-0.1, -0.05) is 37.8 Å². The molecule has 1 aliphatic rings. The van der Waals surface area contributed by atoms with Crippen molar-refractivity contribution in [1.29, 1.82) is 0 Å². The SMILES string of the molecule is CS(=O)(=O)N(CCC(=O)NC1CCCCCC1)CCc1ccc(F)cc1. The number of sulfonamides is 1. The molecule has 1 aromatic carbocycles. The lowest BCUT2D eigenvalue weighted by Gasteiger charge is -2.21. The molecule has 0 atom stereocenters. The van der Waals surface area contributed by atoms with E-state index >= 15 is 0 Å². The third kappa shape index (κ3) is 7.41. The first kappa shape index (κ1) is 20.8. The van der Waals surface area contributed by atoms with Gasteiger partial charge in [0, 0.05) is 25.6 Å². The topological polar surface area (TPSA) is 66.5 Å². The van der Waals surface area contributed by atoms with Crippen molar-refractivity contribution in [2.24, 2.45) is 0 Å². The number of nitrogens with zero attached hydrogens (tertiary/aromatic N) is 1. The second-order valence-electron chi connectivity index (χ2n) is 7.04. The molecule has 146 valence electrons. The van der Waals surface area contributed by atoms with Crippen LogP contribution in [0.3, 0.4) is 0 Å². The molecule has 0 heterocycles. The van der Waals surface area contributed by atoms with Gasteiger partial charge in [0.2, 0.25) is 15.9 Å². The molecular weight excluding hydrogens is 355 g/mol. The van der Waals surface area contributed by atoms with E-state index in [4.69, 9.17) is 0 Å². The van der Waals surface area contributed by atoms with E-state index in [1.165, 1.54) is 29.3 Å². The van der Waals surface area contributed by atoms with Crippen LogP contribution in [0.2, 0.25) is 0 Å². The summed E-state index contributed by atoms with van der Waals surface area (Å²) in [5, 5.41) is 3.04. The van der Waals surface area contributed by atoms with Gasteiger partial charge in [0.25, 0.3) is 0 Å². The van der Waals surface area contributed by atoms with Crippen molar-refractivity contribution < 1.29 is 17.6 Å². The molecule has 2 rings (SSSR count). The van der Waals surface area contributed by atoms with Gasteiger partial charge in [0.15, 0.2) is 0 Å². The molecule has 0 spiro atoms. The summed E-state index contributed by atoms with van der Waals surface area (Å²) < 4.78 is 38.3. The number of carbonyl (C=O) groups excluding carboxylic acids is 1. The summed E-state index contributed by atoms with van der Waals surface area (Å²) in [7, 11) is -3.40. The van der Waals surface area contributed by atoms with Gasteiger partial charge >= 0.3 is 0 Å². The standard InChI is InChI=1S/C19H29FN2O3S/c1-26(24,25)22(14-12-16-8-10-17(20)11-9-16)15-13-19(23)21-18-6-4-2-3-5-7-18/h8-11,18H,2-7,12-15H2,1H3,(H,21,23). The highest BCUT2D eigenvalue weighted by Crippen LogP contribution is 2.17. The summed E-state index contributed by atoms with van der Waals surface area (Å²) in [6.07, 6.45) is 8.52. The van der Waals surface area contributed by atoms with Gasteiger partial charge in [0.05, 0.1) is 6.26 Å². The Morgan fingerprint density at radius 2 is 1.73 bits per heavy atom. The summed E-state index contributed by atoms with van der Waals surface area (Å²) >= 11 is 0. The molecule has 26 heavy (non-hydrogen) atoms. The number of benzene rings is 1. The molecule has 1 N–H and O–H groups in total. The van der Waals surface area contributed by atoms with Crippen molar-refractivity contribution in [2.45, 2.75) is 57.4 Å². The van der Waals surface area contributed by atoms with Crippen LogP contribution in [0.5, 0.6) is 0 Å². The molecule has 1 aromatic rings. The van der Waals surface area contributed by atoms with E-state index in [0.29, 0.717) is 6.42 Å². The first-order valence-electron chi connectivity index (χ1n) is 9.33. The van der Waals surface area contributed by atoms with Crippen LogP contribution in [0.1, 0.15) is 50.5 Å². The largest absolute Gasteiger partial charge is 0.353 e. The lowest BCUT2D eigenvalue weighted by Crippen LogP contribution is -2.39. The van der Waals surface area contributed by atoms with Crippen LogP contribution < -0.4 is 5.32 Å². The molecule has 0 aliphatic heterocycles. The summed E-state index contributed by atoms with van der Waals surface area (Å²) in [5.74, 6) is -0.406. The van der Waals surface area contributed by atoms with Crippen LogP contribution in [0.15, 0.2) is 24.3 Å². The van der Waals surface area contributed by atoms with E-state index in [9.17, 15) is 17.6 Å². The lowest BCUT2D eigenvalue weighted by molar-refractivity contribution is -0.122. The monoisotopic (exact) mass is 384 g/mol. The highest BCUT2D eigenvalue weighted by molar-refractivity contribution is 7.88. The average Bonchev–Trinajstić information content (AvgIpc) is 2.84. The van der Waals surface area contributed by atoms with Gasteiger partial charge in [-0.3, -0.25) is 4.79 Å². The highest BCUT2D eigenvalue weighted by atomic mass is 32.2. The number of amides is 1. The quantitative estimate of drug-likeness (QED) is 0.701. The summed E-state index contributed by atoms with van der Waals surface area (Å²) in [6, 6.07) is 6.24. The minimum atomic E-state index is -3.40. The normalized spacial score (nSPS) is 16.4. The van der Waals surface area contributed by atoms with Crippen molar-refractivity contribution in [1.82, 2.24) is 9.62 Å². The minimum absolute atomic E-state index is 0.0904. The molecule has 1 amide bonds. The van der Waals surface area contributed by atoms with E-state index in [1.807, 2.05) is 0 Å². The number of hydrogen-bond donors (Lipinski definition) is 1. The second-order valence-corrected chi connectivity index (χ2v) is 9.03. The van der Waals surface area contributed by atoms with Crippen LogP contribution in [0.25, 0.3) is 0 Å². The smallest absolute Gasteiger partial charge is 0.221 e. The van der Waals surface area contributed by atoms with Gasteiger partial charge in [-0.2, -0.15) is 0 Å². The van der Waals surface area contributed by atoms with E-state index in [2.05, 4.69) is 5.32 Å². The maximum Gasteiger partial charge on any atom is 0.221 e. The average molecular weight is 385 g/mol. The predicted molar refractivity (Wildman–Crippen MR) is 101 cm³/mol. The molecule has 1 saturated carbocycles. The molecule has 1 aliphatic carbocycles. The number of halogens is 1. The van der Waals surface area contributed by atoms with Gasteiger partial charge in [-0.25, -0.2) is 17.1 Å². The second kappa shape index (κ2) is 10.0. The van der Waals surface area contributed by atoms with E-state index < -0.39 is 10.0 Å². The summed E-state index contributed by atoms with van der Waals surface area (Å²) in [6.45, 7) is 0.444. The zero-order chi connectivity index (χ0) is 19.0. The van der Waals surface area contributed by atoms with Crippen molar-refractivity contribution in [3.8, 4) is 0 Å². The first-order chi connectivity index (χ1) is 12.3. The Bertz CT molecular complexity index is 669. The number of nitrogens with one attached hydrogen (secondary N) is 1. The van der Waals surface area contributed by atoms with E-state index in [0.717, 1.165) is 37.5 Å². The third-order valence-corrected chi connectivity index (χ3v) is 6.14. The van der Waals surface area contributed by atoms with Crippen LogP contribution in [-0.4, -0.2) is 44.0 Å². The van der Waals surface area contributed by atoms with E-state index in [-0.39, 0.29) is 37.3 Å². The highest BCUT2D eigenvalue weighted by Gasteiger charge is 2.19. The lowest BCUT2D eigenvalue weighted by atomic mass is 10.1. The maximum atomic E-state index is 13.0. The van der Waals surface area contributed by atoms with Crippen molar-refractivity contribution in [3.05, 3.63) is 35.6 Å². The molecule has 0 saturated heterocycles. The molecule has 0 radical (unpaired) electrons. The molecule has 1 fully saturated rings. The molecule has 5 nitrogen and oxygen atoms in total. The fourth-order valence-electron chi connectivity index (χ4n) is 3.30. The van der Waals surface area contributed by atoms with Crippen molar-refractivity contribution in [3.63, 3.8) is 0 Å². The third-order valence-electron chi connectivity index (χ3n) is 4.84. The molecule has 0 aromatic heterocycles. The Labute approximate surface area is 156 Å². The van der Waals surface area contributed by atoms with E-state index in [1.54, 1.807) is 12.1 Å². The van der Waals surface area contributed by atoms with Crippen LogP contribution in [0, 0.1) is 5.82 Å². The Kier molecular flexibility index (Phi) is 8.03. The first-order valence-corrected chi connectivity index (χ1v) is 11.2. The van der Waals surface area contributed by atoms with Crippen molar-refractivity contribution >= 4 is 15.9 Å². The summed E-state index contributed by atoms with van der Waals surface area (Å²) in [4.78, 5) is 12.2. The van der Waals surface area contributed by atoms with Gasteiger partial charge in [-0.05, 0) is 37.0 Å². The Morgan fingerprint density at radius 1 is 1.12 bits per heavy atom. The molecular formula is C19H29FN2O3S. The van der Waals surface area contributed by atoms with Gasteiger partial charge < -0.3 is 5.32 Å². The fraction of sp³-hybridized carbons (Fsp3) is 0.632. The van der Waals surface area contributed by atoms with Gasteiger partial charge in [-0.15, -0.1) is 0 Å². The zero-order valence-corrected chi connectivity index (χ0v) is 16.2. The fourth-order valence-corrected chi connectivity index (χ4v) is 4.14. The number of hydrogen-bond acceptors (Lipinski definition) is 3. The van der Waals surface area contributed by atoms with Crippen molar-refractivity contribution in [2.75, 3.05) is 19.3 Å². The molecule has 7 heteroatoms. The van der Waals surface area contributed by atoms with Gasteiger partial charge in [0.1, 0.15) is 5.82 Å². The minimum Gasteiger partial charge on any atom is -0.353 e. The summed E-state index contributed by atoms with van der Waals surface area (Å²) in [5.41, 5.74) is 0.864. The molecule has 0 bridgehead atoms. The Balaban J connectivity index is 1.83. The Hall–Kier alpha value is -1.47. The van der Waals surface area contributed by atoms with Crippen LogP contribution in [0.4, 0.5) is 4.39 Å². The number of rotatable bonds is 8.